The van der Waals surface area contributed by atoms with E-state index in [1.807, 2.05) is 50.0 Å². The number of carbonyl (C=O) groups is 1. The summed E-state index contributed by atoms with van der Waals surface area (Å²) in [5, 5.41) is 10.1. The maximum atomic E-state index is 13.0. The van der Waals surface area contributed by atoms with Gasteiger partial charge in [-0.15, -0.1) is 0 Å². The Hall–Kier alpha value is -2.75. The number of aryl methyl sites for hydroxylation is 1. The van der Waals surface area contributed by atoms with Crippen LogP contribution in [0.15, 0.2) is 47.5 Å². The van der Waals surface area contributed by atoms with E-state index in [0.29, 0.717) is 30.3 Å². The van der Waals surface area contributed by atoms with E-state index in [1.165, 1.54) is 0 Å². The number of rotatable bonds is 7. The Bertz CT molecular complexity index is 1260. The van der Waals surface area contributed by atoms with Gasteiger partial charge in [0.2, 0.25) is 10.0 Å². The Morgan fingerprint density at radius 1 is 1.22 bits per heavy atom. The molecule has 0 radical (unpaired) electrons. The second kappa shape index (κ2) is 8.31. The molecule has 0 aliphatic heterocycles. The van der Waals surface area contributed by atoms with Crippen LogP contribution in [0.2, 0.25) is 0 Å². The summed E-state index contributed by atoms with van der Waals surface area (Å²) >= 11 is 0. The monoisotopic (exact) mass is 457 g/mol. The molecule has 0 unspecified atom stereocenters. The molecule has 0 amide bonds. The van der Waals surface area contributed by atoms with Crippen molar-refractivity contribution < 1.29 is 18.3 Å². The Balaban J connectivity index is 1.58. The van der Waals surface area contributed by atoms with Crippen molar-refractivity contribution in [2.24, 2.45) is 0 Å². The molecule has 0 fully saturated rings. The van der Waals surface area contributed by atoms with Crippen molar-refractivity contribution in [2.45, 2.75) is 43.2 Å². The van der Waals surface area contributed by atoms with Crippen LogP contribution < -0.4 is 9.21 Å². The first-order valence-electron chi connectivity index (χ1n) is 10.7. The molecular formula is C23H29N4O4S+. The van der Waals surface area contributed by atoms with Gasteiger partial charge in [0.05, 0.1) is 32.5 Å². The third kappa shape index (κ3) is 4.41. The van der Waals surface area contributed by atoms with Crippen LogP contribution in [-0.4, -0.2) is 56.2 Å². The van der Waals surface area contributed by atoms with E-state index < -0.39 is 16.0 Å². The lowest BCUT2D eigenvalue weighted by Crippen LogP contribution is -2.39. The predicted molar refractivity (Wildman–Crippen MR) is 124 cm³/mol. The SMILES string of the molecule is C[N+](C)(C)c1ccc(S(=O)(=O)N[C@@H]2CCc3c(c4cccnc4n3CCC(=O)O)C2)cc1. The zero-order valence-electron chi connectivity index (χ0n) is 18.6. The molecule has 9 heteroatoms. The molecule has 1 aliphatic rings. The van der Waals surface area contributed by atoms with Gasteiger partial charge in [0.25, 0.3) is 0 Å². The minimum absolute atomic E-state index is 0.0200. The fourth-order valence-corrected chi connectivity index (χ4v) is 5.65. The van der Waals surface area contributed by atoms with Gasteiger partial charge in [-0.05, 0) is 49.1 Å². The molecule has 0 spiro atoms. The van der Waals surface area contributed by atoms with Crippen molar-refractivity contribution in [3.05, 3.63) is 53.9 Å². The van der Waals surface area contributed by atoms with Crippen LogP contribution in [0.4, 0.5) is 5.69 Å². The first-order valence-corrected chi connectivity index (χ1v) is 12.2. The molecule has 0 bridgehead atoms. The topological polar surface area (TPSA) is 101 Å². The van der Waals surface area contributed by atoms with Gasteiger partial charge < -0.3 is 9.67 Å². The Morgan fingerprint density at radius 2 is 1.94 bits per heavy atom. The lowest BCUT2D eigenvalue weighted by Gasteiger charge is -2.25. The molecule has 0 saturated heterocycles. The van der Waals surface area contributed by atoms with E-state index in [2.05, 4.69) is 9.71 Å². The van der Waals surface area contributed by atoms with Crippen molar-refractivity contribution in [3.8, 4) is 0 Å². The van der Waals surface area contributed by atoms with Gasteiger partial charge in [-0.2, -0.15) is 0 Å². The van der Waals surface area contributed by atoms with Gasteiger partial charge in [0.15, 0.2) is 0 Å². The molecule has 2 aromatic heterocycles. The second-order valence-corrected chi connectivity index (χ2v) is 10.9. The zero-order chi connectivity index (χ0) is 23.1. The van der Waals surface area contributed by atoms with Gasteiger partial charge in [-0.1, -0.05) is 0 Å². The quantitative estimate of drug-likeness (QED) is 0.531. The van der Waals surface area contributed by atoms with Crippen LogP contribution in [0.1, 0.15) is 24.1 Å². The number of quaternary nitrogens is 1. The molecule has 1 aliphatic carbocycles. The predicted octanol–water partition coefficient (Wildman–Crippen LogP) is 2.54. The molecule has 170 valence electrons. The molecule has 1 atom stereocenters. The van der Waals surface area contributed by atoms with E-state index in [4.69, 9.17) is 5.11 Å². The maximum Gasteiger partial charge on any atom is 0.305 e. The molecule has 8 nitrogen and oxygen atoms in total. The molecule has 2 heterocycles. The molecule has 4 rings (SSSR count). The molecule has 32 heavy (non-hydrogen) atoms. The number of carboxylic acids is 1. The van der Waals surface area contributed by atoms with Crippen LogP contribution >= 0.6 is 0 Å². The first kappa shape index (κ1) is 22.4. The summed E-state index contributed by atoms with van der Waals surface area (Å²) in [5.74, 6) is -0.853. The summed E-state index contributed by atoms with van der Waals surface area (Å²) in [5.41, 5.74) is 3.89. The molecule has 0 saturated carbocycles. The maximum absolute atomic E-state index is 13.0. The Kier molecular flexibility index (Phi) is 5.83. The van der Waals surface area contributed by atoms with Gasteiger partial charge in [-0.3, -0.25) is 9.28 Å². The first-order chi connectivity index (χ1) is 15.1. The minimum Gasteiger partial charge on any atom is -0.481 e. The molecule has 2 N–H and O–H groups in total. The number of benzene rings is 1. The van der Waals surface area contributed by atoms with Crippen LogP contribution in [0, 0.1) is 0 Å². The fourth-order valence-electron chi connectivity index (χ4n) is 4.38. The summed E-state index contributed by atoms with van der Waals surface area (Å²) in [4.78, 5) is 15.8. The van der Waals surface area contributed by atoms with Crippen molar-refractivity contribution >= 4 is 32.7 Å². The largest absolute Gasteiger partial charge is 0.481 e. The highest BCUT2D eigenvalue weighted by Crippen LogP contribution is 2.32. The smallest absolute Gasteiger partial charge is 0.305 e. The number of aliphatic carboxylic acids is 1. The number of nitrogens with one attached hydrogen (secondary N) is 1. The summed E-state index contributed by atoms with van der Waals surface area (Å²) in [6.07, 6.45) is 3.58. The lowest BCUT2D eigenvalue weighted by molar-refractivity contribution is -0.137. The van der Waals surface area contributed by atoms with Crippen LogP contribution in [-0.2, 0) is 34.2 Å². The summed E-state index contributed by atoms with van der Waals surface area (Å²) in [6.45, 7) is 0.354. The number of hydrogen-bond donors (Lipinski definition) is 2. The summed E-state index contributed by atoms with van der Waals surface area (Å²) in [7, 11) is 2.44. The zero-order valence-corrected chi connectivity index (χ0v) is 19.4. The van der Waals surface area contributed by atoms with Gasteiger partial charge in [-0.25, -0.2) is 18.1 Å². The standard InChI is InChI=1S/C23H28N4O4S/c1-27(2,3)17-7-9-18(10-8-17)32(30,31)25-16-6-11-21-20(15-16)19-5-4-13-24-23(19)26(21)14-12-22(28)29/h4-5,7-10,13,16,25H,6,11-12,14-15H2,1-3H3/p+1/t16-/m1/s1. The van der Waals surface area contributed by atoms with Gasteiger partial charge >= 0.3 is 5.97 Å². The summed E-state index contributed by atoms with van der Waals surface area (Å²) < 4.78 is 31.5. The number of fused-ring (bicyclic) bond motifs is 3. The average molecular weight is 458 g/mol. The van der Waals surface area contributed by atoms with Crippen LogP contribution in [0.5, 0.6) is 0 Å². The fraction of sp³-hybridized carbons (Fsp3) is 0.391. The van der Waals surface area contributed by atoms with E-state index in [0.717, 1.165) is 28.0 Å². The summed E-state index contributed by atoms with van der Waals surface area (Å²) in [6, 6.07) is 10.6. The van der Waals surface area contributed by atoms with Crippen molar-refractivity contribution in [1.29, 1.82) is 0 Å². The number of nitrogens with zero attached hydrogens (tertiary/aromatic N) is 3. The Labute approximate surface area is 188 Å². The number of carboxylic acid groups (broad SMARTS) is 1. The van der Waals surface area contributed by atoms with Crippen LogP contribution in [0.3, 0.4) is 0 Å². The number of hydrogen-bond acceptors (Lipinski definition) is 4. The number of aromatic nitrogens is 2. The van der Waals surface area contributed by atoms with Crippen molar-refractivity contribution in [2.75, 3.05) is 21.1 Å². The lowest BCUT2D eigenvalue weighted by atomic mass is 9.92. The highest BCUT2D eigenvalue weighted by Gasteiger charge is 2.29. The minimum atomic E-state index is -3.65. The van der Waals surface area contributed by atoms with E-state index in [9.17, 15) is 13.2 Å². The third-order valence-electron chi connectivity index (χ3n) is 6.01. The highest BCUT2D eigenvalue weighted by atomic mass is 32.2. The second-order valence-electron chi connectivity index (χ2n) is 9.16. The number of sulfonamides is 1. The van der Waals surface area contributed by atoms with Crippen molar-refractivity contribution in [1.82, 2.24) is 18.8 Å². The molecule has 1 aromatic carbocycles. The van der Waals surface area contributed by atoms with E-state index in [-0.39, 0.29) is 17.4 Å². The molecule has 3 aromatic rings. The van der Waals surface area contributed by atoms with E-state index >= 15 is 0 Å². The van der Waals surface area contributed by atoms with E-state index in [1.54, 1.807) is 18.3 Å². The van der Waals surface area contributed by atoms with Crippen LogP contribution in [0.25, 0.3) is 11.0 Å². The van der Waals surface area contributed by atoms with Crippen molar-refractivity contribution in [3.63, 3.8) is 0 Å². The van der Waals surface area contributed by atoms with Gasteiger partial charge in [0.1, 0.15) is 11.3 Å². The highest BCUT2D eigenvalue weighted by molar-refractivity contribution is 7.89. The number of pyridine rings is 1. The average Bonchev–Trinajstić information content (AvgIpc) is 3.04. The Morgan fingerprint density at radius 3 is 2.59 bits per heavy atom. The molecular weight excluding hydrogens is 428 g/mol. The normalized spacial score (nSPS) is 16.8. The van der Waals surface area contributed by atoms with Gasteiger partial charge in [0, 0.05) is 42.0 Å². The third-order valence-corrected chi connectivity index (χ3v) is 7.55.